The van der Waals surface area contributed by atoms with Crippen LogP contribution in [-0.4, -0.2) is 50.3 Å². The van der Waals surface area contributed by atoms with Gasteiger partial charge in [0, 0.05) is 38.3 Å². The number of carbonyl (C=O) groups is 1. The third kappa shape index (κ3) is 3.49. The molecule has 2 atom stereocenters. The van der Waals surface area contributed by atoms with Gasteiger partial charge in [-0.2, -0.15) is 0 Å². The van der Waals surface area contributed by atoms with E-state index in [4.69, 9.17) is 13.9 Å². The normalized spacial score (nSPS) is 30.0. The van der Waals surface area contributed by atoms with Crippen LogP contribution in [0.1, 0.15) is 48.4 Å². The van der Waals surface area contributed by atoms with E-state index in [0.29, 0.717) is 17.6 Å². The van der Waals surface area contributed by atoms with Crippen molar-refractivity contribution in [1.29, 1.82) is 0 Å². The lowest BCUT2D eigenvalue weighted by molar-refractivity contribution is -0.0124. The van der Waals surface area contributed by atoms with Crippen molar-refractivity contribution >= 4 is 5.91 Å². The molecule has 0 unspecified atom stereocenters. The van der Waals surface area contributed by atoms with Gasteiger partial charge in [-0.1, -0.05) is 6.42 Å². The standard InChI is InChI=1S/C20H29NO4/c1-15-4-5-18(25-15)19(22)21-11-17-3-2-8-20(17,13-21)14-24-12-16-6-9-23-10-7-16/h4-5,16-17H,2-3,6-14H2,1H3/t17-,20+/m1/s1. The predicted molar refractivity (Wildman–Crippen MR) is 93.5 cm³/mol. The Labute approximate surface area is 149 Å². The number of ether oxygens (including phenoxy) is 2. The molecule has 1 amide bonds. The van der Waals surface area contributed by atoms with Crippen LogP contribution in [0.2, 0.25) is 0 Å². The second-order valence-corrected chi connectivity index (χ2v) is 8.12. The fourth-order valence-electron chi connectivity index (χ4n) is 4.85. The Hall–Kier alpha value is -1.33. The van der Waals surface area contributed by atoms with Crippen LogP contribution in [0.5, 0.6) is 0 Å². The summed E-state index contributed by atoms with van der Waals surface area (Å²) in [5.74, 6) is 2.50. The van der Waals surface area contributed by atoms with Crippen LogP contribution >= 0.6 is 0 Å². The summed E-state index contributed by atoms with van der Waals surface area (Å²) in [4.78, 5) is 14.7. The third-order valence-corrected chi connectivity index (χ3v) is 6.36. The molecular weight excluding hydrogens is 318 g/mol. The summed E-state index contributed by atoms with van der Waals surface area (Å²) in [6, 6.07) is 3.65. The minimum atomic E-state index is 0.0336. The molecule has 5 nitrogen and oxygen atoms in total. The topological polar surface area (TPSA) is 51.9 Å². The molecule has 2 saturated heterocycles. The Kier molecular flexibility index (Phi) is 4.87. The van der Waals surface area contributed by atoms with Gasteiger partial charge >= 0.3 is 0 Å². The van der Waals surface area contributed by atoms with Crippen LogP contribution in [0.25, 0.3) is 0 Å². The lowest BCUT2D eigenvalue weighted by Gasteiger charge is -2.30. The first-order valence-corrected chi connectivity index (χ1v) is 9.67. The fourth-order valence-corrected chi connectivity index (χ4v) is 4.85. The monoisotopic (exact) mass is 347 g/mol. The van der Waals surface area contributed by atoms with E-state index in [0.717, 1.165) is 58.1 Å². The fraction of sp³-hybridized carbons (Fsp3) is 0.750. The molecule has 4 rings (SSSR count). The molecule has 0 N–H and O–H groups in total. The number of hydrogen-bond donors (Lipinski definition) is 0. The zero-order valence-corrected chi connectivity index (χ0v) is 15.2. The van der Waals surface area contributed by atoms with Gasteiger partial charge in [-0.3, -0.25) is 4.79 Å². The summed E-state index contributed by atoms with van der Waals surface area (Å²) < 4.78 is 17.1. The van der Waals surface area contributed by atoms with E-state index in [-0.39, 0.29) is 11.3 Å². The number of carbonyl (C=O) groups excluding carboxylic acids is 1. The molecule has 0 bridgehead atoms. The highest BCUT2D eigenvalue weighted by molar-refractivity contribution is 5.91. The van der Waals surface area contributed by atoms with Crippen molar-refractivity contribution < 1.29 is 18.7 Å². The number of amides is 1. The van der Waals surface area contributed by atoms with Gasteiger partial charge in [-0.25, -0.2) is 0 Å². The quantitative estimate of drug-likeness (QED) is 0.820. The van der Waals surface area contributed by atoms with Gasteiger partial charge in [0.25, 0.3) is 5.91 Å². The minimum Gasteiger partial charge on any atom is -0.456 e. The van der Waals surface area contributed by atoms with Crippen LogP contribution in [0, 0.1) is 24.2 Å². The van der Waals surface area contributed by atoms with Gasteiger partial charge in [0.05, 0.1) is 6.61 Å². The molecule has 1 aromatic heterocycles. The predicted octanol–water partition coefficient (Wildman–Crippen LogP) is 3.27. The molecule has 1 aliphatic carbocycles. The van der Waals surface area contributed by atoms with Gasteiger partial charge in [-0.15, -0.1) is 0 Å². The largest absolute Gasteiger partial charge is 0.456 e. The highest BCUT2D eigenvalue weighted by atomic mass is 16.5. The Morgan fingerprint density at radius 1 is 1.32 bits per heavy atom. The van der Waals surface area contributed by atoms with Crippen molar-refractivity contribution in [3.63, 3.8) is 0 Å². The van der Waals surface area contributed by atoms with E-state index >= 15 is 0 Å². The molecule has 0 spiro atoms. The zero-order valence-electron chi connectivity index (χ0n) is 15.2. The Morgan fingerprint density at radius 3 is 2.92 bits per heavy atom. The summed E-state index contributed by atoms with van der Waals surface area (Å²) in [7, 11) is 0. The zero-order chi connectivity index (χ0) is 17.3. The van der Waals surface area contributed by atoms with Gasteiger partial charge in [-0.05, 0) is 56.6 Å². The first-order chi connectivity index (χ1) is 12.2. The van der Waals surface area contributed by atoms with Gasteiger partial charge in [0.15, 0.2) is 5.76 Å². The second kappa shape index (κ2) is 7.12. The second-order valence-electron chi connectivity index (χ2n) is 8.12. The van der Waals surface area contributed by atoms with E-state index in [9.17, 15) is 4.79 Å². The SMILES string of the molecule is Cc1ccc(C(=O)N2C[C@H]3CCC[C@@]3(COCC3CCOCC3)C2)o1. The van der Waals surface area contributed by atoms with E-state index in [1.54, 1.807) is 6.07 Å². The number of fused-ring (bicyclic) bond motifs is 1. The molecule has 1 saturated carbocycles. The van der Waals surface area contributed by atoms with Crippen molar-refractivity contribution in [2.24, 2.45) is 17.3 Å². The molecule has 25 heavy (non-hydrogen) atoms. The van der Waals surface area contributed by atoms with Crippen LogP contribution in [0.4, 0.5) is 0 Å². The number of likely N-dealkylation sites (tertiary alicyclic amines) is 1. The Bertz CT molecular complexity index is 607. The van der Waals surface area contributed by atoms with E-state index in [2.05, 4.69) is 0 Å². The molecule has 0 aromatic carbocycles. The maximum Gasteiger partial charge on any atom is 0.289 e. The number of rotatable bonds is 5. The maximum atomic E-state index is 12.7. The molecule has 0 radical (unpaired) electrons. The summed E-state index contributed by atoms with van der Waals surface area (Å²) in [6.07, 6.45) is 5.86. The van der Waals surface area contributed by atoms with Gasteiger partial charge in [0.1, 0.15) is 5.76 Å². The van der Waals surface area contributed by atoms with Crippen LogP contribution in [0.15, 0.2) is 16.5 Å². The van der Waals surface area contributed by atoms with Crippen LogP contribution in [-0.2, 0) is 9.47 Å². The summed E-state index contributed by atoms with van der Waals surface area (Å²) in [5, 5.41) is 0. The van der Waals surface area contributed by atoms with E-state index in [1.165, 1.54) is 19.3 Å². The van der Waals surface area contributed by atoms with Crippen molar-refractivity contribution in [1.82, 2.24) is 4.90 Å². The summed E-state index contributed by atoms with van der Waals surface area (Å²) >= 11 is 0. The average Bonchev–Trinajstić information content (AvgIpc) is 3.29. The summed E-state index contributed by atoms with van der Waals surface area (Å²) in [6.45, 7) is 6.89. The molecule has 3 heterocycles. The van der Waals surface area contributed by atoms with Crippen LogP contribution in [0.3, 0.4) is 0 Å². The maximum absolute atomic E-state index is 12.7. The van der Waals surface area contributed by atoms with E-state index in [1.807, 2.05) is 17.9 Å². The Balaban J connectivity index is 1.36. The highest BCUT2D eigenvalue weighted by Gasteiger charge is 2.51. The van der Waals surface area contributed by atoms with Crippen molar-refractivity contribution in [3.05, 3.63) is 23.7 Å². The van der Waals surface area contributed by atoms with E-state index < -0.39 is 0 Å². The molecule has 138 valence electrons. The molecular formula is C20H29NO4. The van der Waals surface area contributed by atoms with Crippen molar-refractivity contribution in [3.8, 4) is 0 Å². The molecule has 1 aromatic rings. The molecule has 3 fully saturated rings. The molecule has 5 heteroatoms. The lowest BCUT2D eigenvalue weighted by atomic mass is 9.81. The summed E-state index contributed by atoms with van der Waals surface area (Å²) in [5.41, 5.74) is 0.155. The Morgan fingerprint density at radius 2 is 2.16 bits per heavy atom. The van der Waals surface area contributed by atoms with Crippen molar-refractivity contribution in [2.75, 3.05) is 39.5 Å². The first-order valence-electron chi connectivity index (χ1n) is 9.67. The molecule has 3 aliphatic rings. The number of aryl methyl sites for hydroxylation is 1. The average molecular weight is 347 g/mol. The number of furan rings is 1. The minimum absolute atomic E-state index is 0.0336. The lowest BCUT2D eigenvalue weighted by Crippen LogP contribution is -2.35. The van der Waals surface area contributed by atoms with Crippen LogP contribution < -0.4 is 0 Å². The van der Waals surface area contributed by atoms with Gasteiger partial charge in [0.2, 0.25) is 0 Å². The smallest absolute Gasteiger partial charge is 0.289 e. The third-order valence-electron chi connectivity index (χ3n) is 6.36. The van der Waals surface area contributed by atoms with Crippen molar-refractivity contribution in [2.45, 2.75) is 39.0 Å². The number of hydrogen-bond acceptors (Lipinski definition) is 4. The first kappa shape index (κ1) is 17.1. The van der Waals surface area contributed by atoms with Gasteiger partial charge < -0.3 is 18.8 Å². The highest BCUT2D eigenvalue weighted by Crippen LogP contribution is 2.49. The molecule has 2 aliphatic heterocycles. The number of nitrogens with zero attached hydrogens (tertiary/aromatic N) is 1.